The van der Waals surface area contributed by atoms with Gasteiger partial charge in [-0.15, -0.1) is 0 Å². The molecule has 1 fully saturated rings. The number of β-amino-alcohol motifs (C(OH)–C–C–N with tert-alkyl or cyclic N) is 1. The van der Waals surface area contributed by atoms with Crippen LogP contribution in [0, 0.1) is 10.1 Å². The lowest BCUT2D eigenvalue weighted by atomic mass is 9.91. The summed E-state index contributed by atoms with van der Waals surface area (Å²) in [5.74, 6) is 0. The van der Waals surface area contributed by atoms with Crippen LogP contribution >= 0.6 is 0 Å². The number of amides is 2. The van der Waals surface area contributed by atoms with Crippen LogP contribution in [0.3, 0.4) is 0 Å². The van der Waals surface area contributed by atoms with E-state index >= 15 is 0 Å². The Bertz CT molecular complexity index is 1200. The summed E-state index contributed by atoms with van der Waals surface area (Å²) in [6.45, 7) is -0.446. The summed E-state index contributed by atoms with van der Waals surface area (Å²) in [5, 5.41) is 24.8. The molecule has 2 heterocycles. The molecule has 3 aromatic rings. The Hall–Kier alpha value is -3.60. The molecule has 0 aliphatic carbocycles. The number of carbonyl (C=O) groups excluding carboxylic acids is 1. The van der Waals surface area contributed by atoms with Crippen molar-refractivity contribution in [2.75, 3.05) is 19.6 Å². The third-order valence-electron chi connectivity index (χ3n) is 5.77. The number of urea groups is 1. The normalized spacial score (nSPS) is 16.5. The highest BCUT2D eigenvalue weighted by molar-refractivity contribution is 5.87. The van der Waals surface area contributed by atoms with Crippen molar-refractivity contribution in [3.8, 4) is 0 Å². The molecule has 2 aromatic carbocycles. The maximum absolute atomic E-state index is 14.3. The van der Waals surface area contributed by atoms with Crippen LogP contribution in [0.2, 0.25) is 0 Å². The van der Waals surface area contributed by atoms with Crippen LogP contribution in [0.15, 0.2) is 54.7 Å². The van der Waals surface area contributed by atoms with Gasteiger partial charge in [0, 0.05) is 48.9 Å². The van der Waals surface area contributed by atoms with Crippen molar-refractivity contribution in [3.63, 3.8) is 0 Å². The third-order valence-corrected chi connectivity index (χ3v) is 5.77. The van der Waals surface area contributed by atoms with Crippen molar-refractivity contribution >= 4 is 22.6 Å². The van der Waals surface area contributed by atoms with Crippen molar-refractivity contribution in [1.29, 1.82) is 0 Å². The highest BCUT2D eigenvalue weighted by Crippen LogP contribution is 2.44. The fourth-order valence-corrected chi connectivity index (χ4v) is 4.07. The van der Waals surface area contributed by atoms with Crippen LogP contribution in [0.4, 0.5) is 23.7 Å². The molecule has 4 rings (SSSR count). The number of non-ortho nitro benzene ring substituents is 1. The van der Waals surface area contributed by atoms with Gasteiger partial charge in [0.05, 0.1) is 17.0 Å². The van der Waals surface area contributed by atoms with E-state index in [9.17, 15) is 33.2 Å². The molecule has 11 heteroatoms. The van der Waals surface area contributed by atoms with Gasteiger partial charge in [0.25, 0.3) is 5.69 Å². The number of halogens is 3. The second-order valence-electron chi connectivity index (χ2n) is 7.98. The number of nitro groups is 1. The Labute approximate surface area is 186 Å². The molecule has 0 spiro atoms. The largest absolute Gasteiger partial charge is 0.423 e. The minimum absolute atomic E-state index is 0.0220. The van der Waals surface area contributed by atoms with Gasteiger partial charge in [-0.05, 0) is 18.1 Å². The first kappa shape index (κ1) is 22.6. The zero-order chi connectivity index (χ0) is 23.8. The number of hydrogen-bond acceptors (Lipinski definition) is 4. The molecule has 2 amide bonds. The molecule has 1 aromatic heterocycles. The monoisotopic (exact) mass is 462 g/mol. The molecule has 1 aliphatic rings. The van der Waals surface area contributed by atoms with Gasteiger partial charge < -0.3 is 19.9 Å². The Morgan fingerprint density at radius 2 is 1.88 bits per heavy atom. The summed E-state index contributed by atoms with van der Waals surface area (Å²) in [4.78, 5) is 23.7. The molecule has 8 nitrogen and oxygen atoms in total. The average Bonchev–Trinajstić information content (AvgIpc) is 3.13. The maximum atomic E-state index is 14.3. The number of hydrogen-bond donors (Lipinski definition) is 2. The number of aliphatic hydroxyl groups is 1. The number of benzene rings is 2. The van der Waals surface area contributed by atoms with E-state index in [4.69, 9.17) is 0 Å². The molecule has 1 unspecified atom stereocenters. The van der Waals surface area contributed by atoms with E-state index in [1.54, 1.807) is 30.3 Å². The first-order valence-electron chi connectivity index (χ1n) is 10.2. The number of carbonyl (C=O) groups is 1. The topological polar surface area (TPSA) is 101 Å². The van der Waals surface area contributed by atoms with E-state index in [2.05, 4.69) is 5.32 Å². The summed E-state index contributed by atoms with van der Waals surface area (Å²) in [6, 6.07) is 11.7. The fourth-order valence-electron chi connectivity index (χ4n) is 4.07. The van der Waals surface area contributed by atoms with Gasteiger partial charge >= 0.3 is 12.2 Å². The van der Waals surface area contributed by atoms with Crippen molar-refractivity contribution < 1.29 is 28.0 Å². The smallest absolute Gasteiger partial charge is 0.375 e. The number of nitrogens with zero attached hydrogens (tertiary/aromatic N) is 3. The van der Waals surface area contributed by atoms with Gasteiger partial charge in [-0.2, -0.15) is 13.2 Å². The third kappa shape index (κ3) is 4.23. The van der Waals surface area contributed by atoms with Crippen LogP contribution in [-0.2, 0) is 12.1 Å². The first-order valence-corrected chi connectivity index (χ1v) is 10.2. The molecule has 0 saturated carbocycles. The second-order valence-corrected chi connectivity index (χ2v) is 7.98. The van der Waals surface area contributed by atoms with E-state index < -0.39 is 34.8 Å². The second kappa shape index (κ2) is 8.39. The molecule has 174 valence electrons. The van der Waals surface area contributed by atoms with Gasteiger partial charge in [0.1, 0.15) is 0 Å². The molecule has 2 N–H and O–H groups in total. The maximum Gasteiger partial charge on any atom is 0.423 e. The lowest BCUT2D eigenvalue weighted by Crippen LogP contribution is -2.56. The molecule has 33 heavy (non-hydrogen) atoms. The Balaban J connectivity index is 1.87. The van der Waals surface area contributed by atoms with E-state index in [0.717, 1.165) is 22.7 Å². The standard InChI is InChI=1S/C22H21F3N4O4/c23-22(24,25)21(31,14-27-10-4-9-26-20(27)30)18-13-28(12-15-5-2-1-3-6-15)19-11-16(29(32)33)7-8-17(18)19/h1-3,5-8,11,13,31H,4,9-10,12,14H2,(H,26,30). The predicted molar refractivity (Wildman–Crippen MR) is 114 cm³/mol. The highest BCUT2D eigenvalue weighted by Gasteiger charge is 2.57. The summed E-state index contributed by atoms with van der Waals surface area (Å²) in [7, 11) is 0. The Morgan fingerprint density at radius 1 is 1.15 bits per heavy atom. The zero-order valence-electron chi connectivity index (χ0n) is 17.4. The number of alkyl halides is 3. The number of rotatable bonds is 6. The van der Waals surface area contributed by atoms with Gasteiger partial charge in [0.15, 0.2) is 0 Å². The van der Waals surface area contributed by atoms with E-state index in [1.165, 1.54) is 16.7 Å². The van der Waals surface area contributed by atoms with Crippen LogP contribution < -0.4 is 5.32 Å². The summed E-state index contributed by atoms with van der Waals surface area (Å²) in [5.41, 5.74) is -3.19. The molecular weight excluding hydrogens is 441 g/mol. The molecule has 1 aliphatic heterocycles. The van der Waals surface area contributed by atoms with Gasteiger partial charge in [-0.3, -0.25) is 10.1 Å². The summed E-state index contributed by atoms with van der Waals surface area (Å²) < 4.78 is 44.4. The summed E-state index contributed by atoms with van der Waals surface area (Å²) in [6.07, 6.45) is -3.50. The van der Waals surface area contributed by atoms with Crippen LogP contribution in [0.25, 0.3) is 10.9 Å². The van der Waals surface area contributed by atoms with Crippen LogP contribution in [0.5, 0.6) is 0 Å². The minimum Gasteiger partial charge on any atom is -0.375 e. The molecule has 1 saturated heterocycles. The van der Waals surface area contributed by atoms with Crippen molar-refractivity contribution in [2.45, 2.75) is 24.7 Å². The zero-order valence-corrected chi connectivity index (χ0v) is 17.4. The number of aromatic nitrogens is 1. The van der Waals surface area contributed by atoms with E-state index in [-0.39, 0.29) is 29.7 Å². The van der Waals surface area contributed by atoms with Gasteiger partial charge in [-0.25, -0.2) is 4.79 Å². The average molecular weight is 462 g/mol. The lowest BCUT2D eigenvalue weighted by molar-refractivity contribution is -0.384. The Kier molecular flexibility index (Phi) is 5.75. The number of nitrogens with one attached hydrogen (secondary N) is 1. The minimum atomic E-state index is -5.11. The lowest BCUT2D eigenvalue weighted by Gasteiger charge is -2.37. The molecule has 1 atom stereocenters. The number of fused-ring (bicyclic) bond motifs is 1. The van der Waals surface area contributed by atoms with E-state index in [0.29, 0.717) is 13.0 Å². The van der Waals surface area contributed by atoms with Gasteiger partial charge in [0.2, 0.25) is 5.60 Å². The van der Waals surface area contributed by atoms with Gasteiger partial charge in [-0.1, -0.05) is 30.3 Å². The highest BCUT2D eigenvalue weighted by atomic mass is 19.4. The van der Waals surface area contributed by atoms with Crippen LogP contribution in [-0.4, -0.2) is 51.3 Å². The van der Waals surface area contributed by atoms with Crippen molar-refractivity contribution in [1.82, 2.24) is 14.8 Å². The fraction of sp³-hybridized carbons (Fsp3) is 0.318. The number of nitro benzene ring substituents is 1. The first-order chi connectivity index (χ1) is 15.6. The van der Waals surface area contributed by atoms with Crippen LogP contribution in [0.1, 0.15) is 17.5 Å². The summed E-state index contributed by atoms with van der Waals surface area (Å²) >= 11 is 0. The predicted octanol–water partition coefficient (Wildman–Crippen LogP) is 3.76. The molecular formula is C22H21F3N4O4. The van der Waals surface area contributed by atoms with E-state index in [1.807, 2.05) is 0 Å². The van der Waals surface area contributed by atoms with Crippen molar-refractivity contribution in [3.05, 3.63) is 76.0 Å². The SMILES string of the molecule is O=C1NCCCN1CC(O)(c1cn(Cc2ccccc2)c2cc([N+](=O)[O-])ccc12)C(F)(F)F. The quantitative estimate of drug-likeness (QED) is 0.430. The Morgan fingerprint density at radius 3 is 2.52 bits per heavy atom. The molecule has 0 bridgehead atoms. The molecule has 0 radical (unpaired) electrons. The van der Waals surface area contributed by atoms with Crippen molar-refractivity contribution in [2.24, 2.45) is 0 Å².